The lowest BCUT2D eigenvalue weighted by atomic mass is 10.2. The van der Waals surface area contributed by atoms with E-state index in [0.29, 0.717) is 0 Å². The third kappa shape index (κ3) is 4.61. The van der Waals surface area contributed by atoms with Gasteiger partial charge in [0.2, 0.25) is 0 Å². The molecule has 0 aliphatic carbocycles. The highest BCUT2D eigenvalue weighted by Crippen LogP contribution is 2.35. The van der Waals surface area contributed by atoms with E-state index in [1.54, 1.807) is 30.5 Å². The van der Waals surface area contributed by atoms with Crippen molar-refractivity contribution < 1.29 is 16.8 Å². The van der Waals surface area contributed by atoms with Crippen LogP contribution in [0.25, 0.3) is 0 Å². The third-order valence-electron chi connectivity index (χ3n) is 3.61. The van der Waals surface area contributed by atoms with Crippen molar-refractivity contribution in [2.45, 2.75) is 16.0 Å². The van der Waals surface area contributed by atoms with Crippen LogP contribution in [0.1, 0.15) is 5.56 Å². The van der Waals surface area contributed by atoms with E-state index in [1.807, 2.05) is 0 Å². The van der Waals surface area contributed by atoms with Gasteiger partial charge in [0.25, 0.3) is 20.0 Å². The lowest BCUT2D eigenvalue weighted by Crippen LogP contribution is -2.17. The van der Waals surface area contributed by atoms with Crippen molar-refractivity contribution in [3.8, 4) is 0 Å². The first kappa shape index (κ1) is 20.9. The van der Waals surface area contributed by atoms with Crippen LogP contribution >= 0.6 is 34.5 Å². The first-order chi connectivity index (χ1) is 13.1. The topological polar surface area (TPSA) is 92.3 Å². The summed E-state index contributed by atoms with van der Waals surface area (Å²) >= 11 is 13.0. The summed E-state index contributed by atoms with van der Waals surface area (Å²) < 4.78 is 55.3. The maximum atomic E-state index is 12.7. The minimum atomic E-state index is -3.98. The molecule has 2 aromatic carbocycles. The fourth-order valence-corrected chi connectivity index (χ4v) is 5.88. The van der Waals surface area contributed by atoms with Gasteiger partial charge in [-0.15, -0.1) is 11.3 Å². The molecule has 11 heteroatoms. The minimum absolute atomic E-state index is 0.0330. The van der Waals surface area contributed by atoms with E-state index in [-0.39, 0.29) is 30.5 Å². The van der Waals surface area contributed by atoms with Gasteiger partial charge in [-0.3, -0.25) is 9.44 Å². The van der Waals surface area contributed by atoms with Gasteiger partial charge in [-0.25, -0.2) is 16.8 Å². The number of anilines is 2. The number of nitrogens with one attached hydrogen (secondary N) is 2. The van der Waals surface area contributed by atoms with Gasteiger partial charge in [0.1, 0.15) is 4.21 Å². The normalized spacial score (nSPS) is 12.0. The zero-order valence-electron chi connectivity index (χ0n) is 14.3. The molecule has 0 spiro atoms. The summed E-state index contributed by atoms with van der Waals surface area (Å²) in [4.78, 5) is 0.0330. The Kier molecular flexibility index (Phi) is 5.92. The molecule has 3 aromatic rings. The van der Waals surface area contributed by atoms with E-state index >= 15 is 0 Å². The van der Waals surface area contributed by atoms with Crippen molar-refractivity contribution in [2.75, 3.05) is 9.44 Å². The molecule has 2 N–H and O–H groups in total. The molecule has 0 saturated carbocycles. The fourth-order valence-electron chi connectivity index (χ4n) is 2.31. The summed E-state index contributed by atoms with van der Waals surface area (Å²) in [5.41, 5.74) is 0.672. The molecule has 0 bridgehead atoms. The van der Waals surface area contributed by atoms with Crippen LogP contribution in [-0.2, 0) is 20.0 Å². The van der Waals surface area contributed by atoms with Crippen LogP contribution in [0.5, 0.6) is 0 Å². The number of hydrogen-bond acceptors (Lipinski definition) is 5. The number of benzene rings is 2. The van der Waals surface area contributed by atoms with Crippen LogP contribution in [0.2, 0.25) is 10.0 Å². The number of hydrogen-bond donors (Lipinski definition) is 2. The fraction of sp³-hybridized carbons (Fsp3) is 0.0588. The molecule has 0 amide bonds. The summed E-state index contributed by atoms with van der Waals surface area (Å²) in [7, 11) is -7.90. The van der Waals surface area contributed by atoms with E-state index in [4.69, 9.17) is 23.2 Å². The van der Waals surface area contributed by atoms with Gasteiger partial charge in [-0.2, -0.15) is 0 Å². The number of thiophene rings is 1. The van der Waals surface area contributed by atoms with Gasteiger partial charge in [-0.05, 0) is 48.2 Å². The highest BCUT2D eigenvalue weighted by molar-refractivity contribution is 7.94. The van der Waals surface area contributed by atoms with Crippen LogP contribution in [0.3, 0.4) is 0 Å². The molecule has 6 nitrogen and oxygen atoms in total. The summed E-state index contributed by atoms with van der Waals surface area (Å²) in [5, 5.41) is 1.76. The predicted octanol–water partition coefficient (Wildman–Crippen LogP) is 4.96. The van der Waals surface area contributed by atoms with E-state index < -0.39 is 20.0 Å². The SMILES string of the molecule is Cc1cccc(S(=O)(=O)Nc2cc(Cl)c(Cl)cc2NS(=O)(=O)c2cccs2)c1. The lowest BCUT2D eigenvalue weighted by molar-refractivity contribution is 0.599. The Labute approximate surface area is 177 Å². The minimum Gasteiger partial charge on any atom is -0.277 e. The molecule has 0 saturated heterocycles. The third-order valence-corrected chi connectivity index (χ3v) is 8.46. The molecule has 0 atom stereocenters. The Hall–Kier alpha value is -1.78. The van der Waals surface area contributed by atoms with Crippen molar-refractivity contribution >= 4 is 66.0 Å². The molecule has 1 heterocycles. The highest BCUT2D eigenvalue weighted by Gasteiger charge is 2.22. The number of sulfonamides is 2. The Morgan fingerprint density at radius 1 is 0.821 bits per heavy atom. The molecule has 0 aliphatic heterocycles. The predicted molar refractivity (Wildman–Crippen MR) is 114 cm³/mol. The maximum absolute atomic E-state index is 12.7. The summed E-state index contributed by atoms with van der Waals surface area (Å²) in [6.45, 7) is 1.76. The second-order valence-electron chi connectivity index (χ2n) is 5.77. The average molecular weight is 477 g/mol. The standard InChI is InChI=1S/C17H14Cl2N2O4S3/c1-11-4-2-5-12(8-11)27(22,23)20-15-9-13(18)14(19)10-16(15)21-28(24,25)17-6-3-7-26-17/h2-10,20-21H,1H3. The lowest BCUT2D eigenvalue weighted by Gasteiger charge is -2.15. The number of aryl methyl sites for hydroxylation is 1. The largest absolute Gasteiger partial charge is 0.277 e. The number of halogens is 2. The van der Waals surface area contributed by atoms with Crippen molar-refractivity contribution in [1.29, 1.82) is 0 Å². The first-order valence-electron chi connectivity index (χ1n) is 7.73. The van der Waals surface area contributed by atoms with Crippen molar-refractivity contribution in [3.05, 3.63) is 69.5 Å². The van der Waals surface area contributed by atoms with Gasteiger partial charge in [-0.1, -0.05) is 41.4 Å². The van der Waals surface area contributed by atoms with Crippen LogP contribution in [-0.4, -0.2) is 16.8 Å². The van der Waals surface area contributed by atoms with E-state index in [9.17, 15) is 16.8 Å². The molecular formula is C17H14Cl2N2O4S3. The van der Waals surface area contributed by atoms with Gasteiger partial charge < -0.3 is 0 Å². The molecule has 3 rings (SSSR count). The molecular weight excluding hydrogens is 463 g/mol. The van der Waals surface area contributed by atoms with Crippen LogP contribution in [0.4, 0.5) is 11.4 Å². The second-order valence-corrected chi connectivity index (χ2v) is 11.1. The zero-order chi connectivity index (χ0) is 20.5. The smallest absolute Gasteiger partial charge is 0.271 e. The van der Waals surface area contributed by atoms with Gasteiger partial charge in [0, 0.05) is 0 Å². The van der Waals surface area contributed by atoms with Crippen molar-refractivity contribution in [1.82, 2.24) is 0 Å². The molecule has 148 valence electrons. The van der Waals surface area contributed by atoms with Crippen LogP contribution in [0.15, 0.2) is 63.0 Å². The van der Waals surface area contributed by atoms with E-state index in [0.717, 1.165) is 16.9 Å². The molecule has 1 aromatic heterocycles. The monoisotopic (exact) mass is 476 g/mol. The molecule has 0 aliphatic rings. The summed E-state index contributed by atoms with van der Waals surface area (Å²) in [6.07, 6.45) is 0. The Morgan fingerprint density at radius 3 is 1.96 bits per heavy atom. The molecule has 0 fully saturated rings. The van der Waals surface area contributed by atoms with Crippen molar-refractivity contribution in [3.63, 3.8) is 0 Å². The first-order valence-corrected chi connectivity index (χ1v) is 12.3. The zero-order valence-corrected chi connectivity index (χ0v) is 18.3. The quantitative estimate of drug-likeness (QED) is 0.525. The van der Waals surface area contributed by atoms with Crippen LogP contribution in [0, 0.1) is 6.92 Å². The van der Waals surface area contributed by atoms with Crippen molar-refractivity contribution in [2.24, 2.45) is 0 Å². The summed E-state index contributed by atoms with van der Waals surface area (Å²) in [5.74, 6) is 0. The van der Waals surface area contributed by atoms with Crippen LogP contribution < -0.4 is 9.44 Å². The Morgan fingerprint density at radius 2 is 1.43 bits per heavy atom. The van der Waals surface area contributed by atoms with Gasteiger partial charge >= 0.3 is 0 Å². The molecule has 28 heavy (non-hydrogen) atoms. The Bertz CT molecular complexity index is 1230. The summed E-state index contributed by atoms with van der Waals surface area (Å²) in [6, 6.07) is 11.8. The molecule has 0 radical (unpaired) electrons. The van der Waals surface area contributed by atoms with Gasteiger partial charge in [0.05, 0.1) is 26.3 Å². The average Bonchev–Trinajstić information content (AvgIpc) is 3.14. The highest BCUT2D eigenvalue weighted by atomic mass is 35.5. The van der Waals surface area contributed by atoms with Gasteiger partial charge in [0.15, 0.2) is 0 Å². The molecule has 0 unspecified atom stereocenters. The Balaban J connectivity index is 2.03. The second kappa shape index (κ2) is 7.92. The van der Waals surface area contributed by atoms with E-state index in [2.05, 4.69) is 9.44 Å². The maximum Gasteiger partial charge on any atom is 0.271 e. The van der Waals surface area contributed by atoms with E-state index in [1.165, 1.54) is 30.3 Å². The number of rotatable bonds is 6.